The van der Waals surface area contributed by atoms with Gasteiger partial charge in [-0.3, -0.25) is 4.79 Å². The zero-order valence-electron chi connectivity index (χ0n) is 17.3. The predicted octanol–water partition coefficient (Wildman–Crippen LogP) is 3.60. The number of hydrogen-bond acceptors (Lipinski definition) is 5. The Kier molecular flexibility index (Phi) is 7.33. The normalized spacial score (nSPS) is 15.5. The van der Waals surface area contributed by atoms with Crippen molar-refractivity contribution in [2.75, 3.05) is 6.61 Å². The zero-order valence-corrected chi connectivity index (χ0v) is 18.1. The Morgan fingerprint density at radius 2 is 1.53 bits per heavy atom. The molecule has 1 fully saturated rings. The van der Waals surface area contributed by atoms with Crippen LogP contribution in [0.5, 0.6) is 17.2 Å². The molecule has 2 N–H and O–H groups in total. The summed E-state index contributed by atoms with van der Waals surface area (Å²) in [4.78, 5) is 12.3. The van der Waals surface area contributed by atoms with Gasteiger partial charge in [0.15, 0.2) is 0 Å². The molecule has 1 aliphatic rings. The van der Waals surface area contributed by atoms with Gasteiger partial charge in [0, 0.05) is 6.04 Å². The maximum atomic E-state index is 12.6. The van der Waals surface area contributed by atoms with Gasteiger partial charge in [-0.15, -0.1) is 0 Å². The van der Waals surface area contributed by atoms with E-state index in [9.17, 15) is 13.2 Å². The van der Waals surface area contributed by atoms with Crippen molar-refractivity contribution in [1.29, 1.82) is 0 Å². The van der Waals surface area contributed by atoms with Crippen LogP contribution in [0.1, 0.15) is 39.5 Å². The Morgan fingerprint density at radius 3 is 2.10 bits per heavy atom. The van der Waals surface area contributed by atoms with Gasteiger partial charge in [0.2, 0.25) is 15.9 Å². The highest BCUT2D eigenvalue weighted by Gasteiger charge is 2.25. The fourth-order valence-corrected chi connectivity index (χ4v) is 4.55. The van der Waals surface area contributed by atoms with Crippen LogP contribution >= 0.6 is 0 Å². The Labute approximate surface area is 177 Å². The molecule has 2 aromatic rings. The smallest absolute Gasteiger partial charge is 0.241 e. The topological polar surface area (TPSA) is 93.7 Å². The summed E-state index contributed by atoms with van der Waals surface area (Å²) in [5.41, 5.74) is 0. The molecule has 3 rings (SSSR count). The molecule has 0 saturated heterocycles. The van der Waals surface area contributed by atoms with Crippen molar-refractivity contribution in [2.45, 2.75) is 56.5 Å². The van der Waals surface area contributed by atoms with Gasteiger partial charge in [-0.2, -0.15) is 4.72 Å². The summed E-state index contributed by atoms with van der Waals surface area (Å²) in [6, 6.07) is 12.5. The van der Waals surface area contributed by atoms with E-state index in [1.165, 1.54) is 12.1 Å². The maximum Gasteiger partial charge on any atom is 0.241 e. The quantitative estimate of drug-likeness (QED) is 0.631. The molecule has 162 valence electrons. The third kappa shape index (κ3) is 5.96. The fraction of sp³-hybridized carbons (Fsp3) is 0.409. The minimum Gasteiger partial charge on any atom is -0.494 e. The molecule has 0 radical (unpaired) electrons. The molecule has 30 heavy (non-hydrogen) atoms. The highest BCUT2D eigenvalue weighted by molar-refractivity contribution is 7.89. The lowest BCUT2D eigenvalue weighted by Gasteiger charge is -2.18. The first-order valence-corrected chi connectivity index (χ1v) is 11.7. The molecule has 8 heteroatoms. The van der Waals surface area contributed by atoms with Crippen molar-refractivity contribution in [2.24, 2.45) is 0 Å². The van der Waals surface area contributed by atoms with Crippen LogP contribution in [0.3, 0.4) is 0 Å². The van der Waals surface area contributed by atoms with Crippen LogP contribution in [0.15, 0.2) is 53.4 Å². The fourth-order valence-electron chi connectivity index (χ4n) is 3.34. The summed E-state index contributed by atoms with van der Waals surface area (Å²) in [5, 5.41) is 2.91. The van der Waals surface area contributed by atoms with Gasteiger partial charge in [-0.1, -0.05) is 12.8 Å². The molecule has 1 saturated carbocycles. The third-order valence-corrected chi connectivity index (χ3v) is 6.49. The van der Waals surface area contributed by atoms with E-state index >= 15 is 0 Å². The van der Waals surface area contributed by atoms with E-state index in [1.807, 2.05) is 6.92 Å². The van der Waals surface area contributed by atoms with Gasteiger partial charge >= 0.3 is 0 Å². The summed E-state index contributed by atoms with van der Waals surface area (Å²) >= 11 is 0. The first-order valence-electron chi connectivity index (χ1n) is 10.2. The van der Waals surface area contributed by atoms with Crippen LogP contribution in [0.4, 0.5) is 0 Å². The second-order valence-electron chi connectivity index (χ2n) is 7.31. The number of carbonyl (C=O) groups is 1. The third-order valence-electron chi connectivity index (χ3n) is 4.93. The summed E-state index contributed by atoms with van der Waals surface area (Å²) in [6.45, 7) is 4.05. The molecule has 2 aromatic carbocycles. The molecule has 0 heterocycles. The van der Waals surface area contributed by atoms with E-state index in [0.717, 1.165) is 31.4 Å². The minimum atomic E-state index is -3.82. The second kappa shape index (κ2) is 9.95. The van der Waals surface area contributed by atoms with Gasteiger partial charge in [0.1, 0.15) is 17.2 Å². The van der Waals surface area contributed by atoms with E-state index in [-0.39, 0.29) is 16.8 Å². The lowest BCUT2D eigenvalue weighted by molar-refractivity contribution is -0.123. The minimum absolute atomic E-state index is 0.0714. The standard InChI is InChI=1S/C22H28N2O5S/c1-3-28-18-8-10-19(11-9-18)29-20-12-14-21(15-13-20)30(26,27)24-16(2)22(25)23-17-6-4-5-7-17/h8-17,24H,3-7H2,1-2H3,(H,23,25)/t16-/m0/s1. The molecule has 0 spiro atoms. The number of sulfonamides is 1. The van der Waals surface area contributed by atoms with Crippen LogP contribution in [0, 0.1) is 0 Å². The van der Waals surface area contributed by atoms with Crippen molar-refractivity contribution in [3.63, 3.8) is 0 Å². The SMILES string of the molecule is CCOc1ccc(Oc2ccc(S(=O)(=O)N[C@@H](C)C(=O)NC3CCCC3)cc2)cc1. The molecule has 0 aliphatic heterocycles. The highest BCUT2D eigenvalue weighted by Crippen LogP contribution is 2.25. The molecule has 1 amide bonds. The molecule has 0 bridgehead atoms. The van der Waals surface area contributed by atoms with Crippen LogP contribution < -0.4 is 19.5 Å². The Morgan fingerprint density at radius 1 is 1.00 bits per heavy atom. The van der Waals surface area contributed by atoms with E-state index in [1.54, 1.807) is 43.3 Å². The van der Waals surface area contributed by atoms with Crippen molar-refractivity contribution >= 4 is 15.9 Å². The molecule has 1 atom stereocenters. The number of amides is 1. The maximum absolute atomic E-state index is 12.6. The summed E-state index contributed by atoms with van der Waals surface area (Å²) in [7, 11) is -3.82. The van der Waals surface area contributed by atoms with Crippen LogP contribution in [0.25, 0.3) is 0 Å². The van der Waals surface area contributed by atoms with Gasteiger partial charge in [0.25, 0.3) is 0 Å². The summed E-state index contributed by atoms with van der Waals surface area (Å²) in [6.07, 6.45) is 4.08. The molecule has 0 unspecified atom stereocenters. The van der Waals surface area contributed by atoms with Gasteiger partial charge in [-0.05, 0) is 75.2 Å². The number of benzene rings is 2. The van der Waals surface area contributed by atoms with Crippen molar-refractivity contribution < 1.29 is 22.7 Å². The van der Waals surface area contributed by atoms with E-state index < -0.39 is 16.1 Å². The van der Waals surface area contributed by atoms with E-state index in [0.29, 0.717) is 18.1 Å². The summed E-state index contributed by atoms with van der Waals surface area (Å²) in [5.74, 6) is 1.57. The average molecular weight is 433 g/mol. The van der Waals surface area contributed by atoms with Gasteiger partial charge < -0.3 is 14.8 Å². The average Bonchev–Trinajstić information content (AvgIpc) is 3.23. The number of nitrogens with one attached hydrogen (secondary N) is 2. The van der Waals surface area contributed by atoms with Crippen LogP contribution in [0.2, 0.25) is 0 Å². The van der Waals surface area contributed by atoms with Crippen molar-refractivity contribution in [1.82, 2.24) is 10.0 Å². The molecular formula is C22H28N2O5S. The number of ether oxygens (including phenoxy) is 2. The van der Waals surface area contributed by atoms with Crippen molar-refractivity contribution in [3.05, 3.63) is 48.5 Å². The predicted molar refractivity (Wildman–Crippen MR) is 114 cm³/mol. The lowest BCUT2D eigenvalue weighted by atomic mass is 10.2. The highest BCUT2D eigenvalue weighted by atomic mass is 32.2. The molecule has 0 aromatic heterocycles. The van der Waals surface area contributed by atoms with Crippen LogP contribution in [-0.4, -0.2) is 33.0 Å². The Hall–Kier alpha value is -2.58. The monoisotopic (exact) mass is 432 g/mol. The van der Waals surface area contributed by atoms with Gasteiger partial charge in [-0.25, -0.2) is 8.42 Å². The van der Waals surface area contributed by atoms with E-state index in [2.05, 4.69) is 10.0 Å². The second-order valence-corrected chi connectivity index (χ2v) is 9.02. The number of carbonyl (C=O) groups excluding carboxylic acids is 1. The first kappa shape index (κ1) is 22.1. The first-order chi connectivity index (χ1) is 14.4. The Bertz CT molecular complexity index is 936. The number of hydrogen-bond donors (Lipinski definition) is 2. The summed E-state index contributed by atoms with van der Waals surface area (Å²) < 4.78 is 38.8. The number of rotatable bonds is 9. The zero-order chi connectivity index (χ0) is 21.6. The largest absolute Gasteiger partial charge is 0.494 e. The Balaban J connectivity index is 1.58. The van der Waals surface area contributed by atoms with Crippen molar-refractivity contribution in [3.8, 4) is 17.2 Å². The van der Waals surface area contributed by atoms with Crippen LogP contribution in [-0.2, 0) is 14.8 Å². The molecule has 7 nitrogen and oxygen atoms in total. The van der Waals surface area contributed by atoms with Gasteiger partial charge in [0.05, 0.1) is 17.5 Å². The lowest BCUT2D eigenvalue weighted by Crippen LogP contribution is -2.47. The van der Waals surface area contributed by atoms with E-state index in [4.69, 9.17) is 9.47 Å². The molecular weight excluding hydrogens is 404 g/mol. The molecule has 1 aliphatic carbocycles.